The summed E-state index contributed by atoms with van der Waals surface area (Å²) in [5, 5.41) is 12.0. The van der Waals surface area contributed by atoms with E-state index in [1.165, 1.54) is 6.07 Å². The lowest BCUT2D eigenvalue weighted by atomic mass is 10.1. The Bertz CT molecular complexity index is 688. The standard InChI is InChI=1S/C17H16ClNO4/c18-14-10-13(23-11-17(21)22)6-7-15(14)19-9-8-16(20)12-4-2-1-3-5-12/h1-7,10,19H,8-9,11H2,(H,21,22). The summed E-state index contributed by atoms with van der Waals surface area (Å²) < 4.78 is 5.04. The first-order valence-corrected chi connectivity index (χ1v) is 7.40. The number of nitrogens with one attached hydrogen (secondary N) is 1. The molecule has 23 heavy (non-hydrogen) atoms. The fraction of sp³-hybridized carbons (Fsp3) is 0.176. The van der Waals surface area contributed by atoms with E-state index in [4.69, 9.17) is 21.4 Å². The molecule has 120 valence electrons. The second-order valence-corrected chi connectivity index (χ2v) is 5.20. The first-order chi connectivity index (χ1) is 11.1. The van der Waals surface area contributed by atoms with Crippen LogP contribution in [-0.2, 0) is 4.79 Å². The average Bonchev–Trinajstić information content (AvgIpc) is 2.55. The van der Waals surface area contributed by atoms with E-state index in [0.29, 0.717) is 35.0 Å². The molecule has 0 unspecified atom stereocenters. The summed E-state index contributed by atoms with van der Waals surface area (Å²) >= 11 is 6.10. The quantitative estimate of drug-likeness (QED) is 0.723. The first-order valence-electron chi connectivity index (χ1n) is 7.02. The predicted molar refractivity (Wildman–Crippen MR) is 88.5 cm³/mol. The monoisotopic (exact) mass is 333 g/mol. The number of hydrogen-bond acceptors (Lipinski definition) is 4. The molecule has 0 aliphatic heterocycles. The van der Waals surface area contributed by atoms with E-state index in [-0.39, 0.29) is 5.78 Å². The van der Waals surface area contributed by atoms with Crippen molar-refractivity contribution < 1.29 is 19.4 Å². The van der Waals surface area contributed by atoms with Gasteiger partial charge in [0.2, 0.25) is 0 Å². The van der Waals surface area contributed by atoms with Crippen LogP contribution in [0.2, 0.25) is 5.02 Å². The van der Waals surface area contributed by atoms with E-state index in [9.17, 15) is 9.59 Å². The van der Waals surface area contributed by atoms with E-state index < -0.39 is 12.6 Å². The van der Waals surface area contributed by atoms with Crippen LogP contribution >= 0.6 is 11.6 Å². The highest BCUT2D eigenvalue weighted by Crippen LogP contribution is 2.26. The Balaban J connectivity index is 1.86. The number of ketones is 1. The summed E-state index contributed by atoms with van der Waals surface area (Å²) in [6.45, 7) is 0.0253. The van der Waals surface area contributed by atoms with Gasteiger partial charge in [0.05, 0.1) is 10.7 Å². The number of carboxylic acid groups (broad SMARTS) is 1. The lowest BCUT2D eigenvalue weighted by Crippen LogP contribution is -2.10. The third-order valence-electron chi connectivity index (χ3n) is 3.07. The zero-order valence-corrected chi connectivity index (χ0v) is 13.0. The van der Waals surface area contributed by atoms with E-state index in [1.54, 1.807) is 24.3 Å². The highest BCUT2D eigenvalue weighted by molar-refractivity contribution is 6.33. The van der Waals surface area contributed by atoms with Gasteiger partial charge in [0, 0.05) is 24.6 Å². The molecule has 2 N–H and O–H groups in total. The van der Waals surface area contributed by atoms with E-state index in [2.05, 4.69) is 5.32 Å². The molecule has 0 saturated heterocycles. The van der Waals surface area contributed by atoms with Gasteiger partial charge in [0.15, 0.2) is 12.4 Å². The van der Waals surface area contributed by atoms with E-state index in [0.717, 1.165) is 0 Å². The van der Waals surface area contributed by atoms with Gasteiger partial charge >= 0.3 is 5.97 Å². The molecule has 2 aromatic rings. The van der Waals surface area contributed by atoms with Crippen LogP contribution in [0, 0.1) is 0 Å². The minimum absolute atomic E-state index is 0.0515. The molecule has 0 aliphatic rings. The molecular formula is C17H16ClNO4. The Labute approximate surface area is 138 Å². The minimum atomic E-state index is -1.05. The molecule has 0 amide bonds. The number of carbonyl (C=O) groups is 2. The van der Waals surface area contributed by atoms with Gasteiger partial charge in [-0.2, -0.15) is 0 Å². The largest absolute Gasteiger partial charge is 0.482 e. The number of halogens is 1. The molecular weight excluding hydrogens is 318 g/mol. The summed E-state index contributed by atoms with van der Waals surface area (Å²) in [6, 6.07) is 13.9. The van der Waals surface area contributed by atoms with Gasteiger partial charge in [0.1, 0.15) is 5.75 Å². The summed E-state index contributed by atoms with van der Waals surface area (Å²) in [5.41, 5.74) is 1.34. The van der Waals surface area contributed by atoms with Crippen LogP contribution in [0.3, 0.4) is 0 Å². The highest BCUT2D eigenvalue weighted by atomic mass is 35.5. The number of anilines is 1. The second-order valence-electron chi connectivity index (χ2n) is 4.79. The molecule has 2 aromatic carbocycles. The van der Waals surface area contributed by atoms with Gasteiger partial charge in [0.25, 0.3) is 0 Å². The number of benzene rings is 2. The molecule has 0 radical (unpaired) electrons. The fourth-order valence-electron chi connectivity index (χ4n) is 1.95. The number of aliphatic carboxylic acids is 1. The topological polar surface area (TPSA) is 75.6 Å². The number of carboxylic acids is 1. The zero-order chi connectivity index (χ0) is 16.7. The summed E-state index contributed by atoms with van der Waals surface area (Å²) in [5.74, 6) is -0.623. The SMILES string of the molecule is O=C(O)COc1ccc(NCCC(=O)c2ccccc2)c(Cl)c1. The van der Waals surface area contributed by atoms with E-state index in [1.807, 2.05) is 18.2 Å². The van der Waals surface area contributed by atoms with Gasteiger partial charge in [-0.1, -0.05) is 41.9 Å². The summed E-state index contributed by atoms with van der Waals surface area (Å²) in [6.07, 6.45) is 0.345. The van der Waals surface area contributed by atoms with Crippen molar-refractivity contribution in [1.29, 1.82) is 0 Å². The van der Waals surface area contributed by atoms with Gasteiger partial charge in [-0.05, 0) is 12.1 Å². The van der Waals surface area contributed by atoms with Crippen LogP contribution < -0.4 is 10.1 Å². The average molecular weight is 334 g/mol. The smallest absolute Gasteiger partial charge is 0.341 e. The van der Waals surface area contributed by atoms with Crippen LogP contribution in [0.25, 0.3) is 0 Å². The maximum absolute atomic E-state index is 12.0. The van der Waals surface area contributed by atoms with Crippen molar-refractivity contribution in [3.05, 3.63) is 59.1 Å². The Kier molecular flexibility index (Phi) is 6.00. The Hall–Kier alpha value is -2.53. The van der Waals surface area contributed by atoms with Crippen molar-refractivity contribution >= 4 is 29.0 Å². The molecule has 0 heterocycles. The molecule has 0 spiro atoms. The van der Waals surface area contributed by atoms with Crippen molar-refractivity contribution in [2.24, 2.45) is 0 Å². The number of ether oxygens (including phenoxy) is 1. The van der Waals surface area contributed by atoms with Crippen LogP contribution in [0.15, 0.2) is 48.5 Å². The predicted octanol–water partition coefficient (Wildman–Crippen LogP) is 3.49. The van der Waals surface area contributed by atoms with Crippen molar-refractivity contribution in [3.8, 4) is 5.75 Å². The Morgan fingerprint density at radius 2 is 1.87 bits per heavy atom. The van der Waals surface area contributed by atoms with Gasteiger partial charge in [-0.25, -0.2) is 4.79 Å². The highest BCUT2D eigenvalue weighted by Gasteiger charge is 2.07. The van der Waals surface area contributed by atoms with Crippen LogP contribution in [0.1, 0.15) is 16.8 Å². The zero-order valence-electron chi connectivity index (χ0n) is 12.3. The molecule has 0 bridgehead atoms. The fourth-order valence-corrected chi connectivity index (χ4v) is 2.19. The second kappa shape index (κ2) is 8.19. The molecule has 0 atom stereocenters. The first kappa shape index (κ1) is 16.8. The third-order valence-corrected chi connectivity index (χ3v) is 3.38. The number of carbonyl (C=O) groups excluding carboxylic acids is 1. The number of hydrogen-bond donors (Lipinski definition) is 2. The molecule has 0 fully saturated rings. The van der Waals surface area contributed by atoms with Crippen LogP contribution in [0.5, 0.6) is 5.75 Å². The summed E-state index contributed by atoms with van der Waals surface area (Å²) in [4.78, 5) is 22.4. The number of rotatable bonds is 8. The maximum atomic E-state index is 12.0. The molecule has 6 heteroatoms. The van der Waals surface area contributed by atoms with Gasteiger partial charge in [-0.15, -0.1) is 0 Å². The van der Waals surface area contributed by atoms with Crippen LogP contribution in [0.4, 0.5) is 5.69 Å². The molecule has 0 aromatic heterocycles. The van der Waals surface area contributed by atoms with Gasteiger partial charge < -0.3 is 15.2 Å². The van der Waals surface area contributed by atoms with Crippen molar-refractivity contribution in [2.45, 2.75) is 6.42 Å². The van der Waals surface area contributed by atoms with E-state index >= 15 is 0 Å². The third kappa shape index (κ3) is 5.30. The Morgan fingerprint density at radius 3 is 2.52 bits per heavy atom. The number of Topliss-reactive ketones (excluding diaryl/α,β-unsaturated/α-hetero) is 1. The molecule has 0 aliphatic carbocycles. The maximum Gasteiger partial charge on any atom is 0.341 e. The lowest BCUT2D eigenvalue weighted by Gasteiger charge is -2.10. The molecule has 0 saturated carbocycles. The Morgan fingerprint density at radius 1 is 1.13 bits per heavy atom. The minimum Gasteiger partial charge on any atom is -0.482 e. The van der Waals surface area contributed by atoms with Crippen molar-refractivity contribution in [2.75, 3.05) is 18.5 Å². The molecule has 5 nitrogen and oxygen atoms in total. The lowest BCUT2D eigenvalue weighted by molar-refractivity contribution is -0.139. The van der Waals surface area contributed by atoms with Gasteiger partial charge in [-0.3, -0.25) is 4.79 Å². The van der Waals surface area contributed by atoms with Crippen LogP contribution in [-0.4, -0.2) is 30.0 Å². The molecule has 2 rings (SSSR count). The summed E-state index contributed by atoms with van der Waals surface area (Å²) in [7, 11) is 0. The van der Waals surface area contributed by atoms with Crippen molar-refractivity contribution in [3.63, 3.8) is 0 Å². The van der Waals surface area contributed by atoms with Crippen molar-refractivity contribution in [1.82, 2.24) is 0 Å². The normalized spacial score (nSPS) is 10.1.